The third-order valence-corrected chi connectivity index (χ3v) is 8.91. The Kier molecular flexibility index (Phi) is 7.84. The fourth-order valence-electron chi connectivity index (χ4n) is 5.11. The lowest BCUT2D eigenvalue weighted by atomic mass is 9.68. The predicted octanol–water partition coefficient (Wildman–Crippen LogP) is 5.36. The summed E-state index contributed by atoms with van der Waals surface area (Å²) in [5.41, 5.74) is 8.59. The minimum atomic E-state index is -0.645. The van der Waals surface area contributed by atoms with Gasteiger partial charge in [0.1, 0.15) is 17.4 Å². The van der Waals surface area contributed by atoms with Crippen molar-refractivity contribution in [1.82, 2.24) is 10.2 Å². The summed E-state index contributed by atoms with van der Waals surface area (Å²) in [4.78, 5) is 27.8. The van der Waals surface area contributed by atoms with E-state index >= 15 is 0 Å². The molecule has 0 saturated carbocycles. The first-order valence-corrected chi connectivity index (χ1v) is 14.5. The number of amides is 1. The summed E-state index contributed by atoms with van der Waals surface area (Å²) in [7, 11) is 1.56. The molecule has 41 heavy (non-hydrogen) atoms. The first-order chi connectivity index (χ1) is 19.6. The molecule has 1 aliphatic heterocycles. The molecule has 1 amide bonds. The number of allylic oxidation sites excluding steroid dienone is 3. The molecular weight excluding hydrogens is 563 g/mol. The quantitative estimate of drug-likeness (QED) is 0.349. The maximum absolute atomic E-state index is 13.9. The molecule has 1 unspecified atom stereocenters. The van der Waals surface area contributed by atoms with Crippen LogP contribution in [0.5, 0.6) is 5.75 Å². The van der Waals surface area contributed by atoms with Crippen molar-refractivity contribution in [3.63, 3.8) is 0 Å². The zero-order valence-corrected chi connectivity index (χ0v) is 24.2. The number of para-hydroxylation sites is 1. The van der Waals surface area contributed by atoms with E-state index in [4.69, 9.17) is 10.5 Å². The smallest absolute Gasteiger partial charge is 0.234 e. The highest BCUT2D eigenvalue weighted by Gasteiger charge is 2.45. The molecule has 0 bridgehead atoms. The lowest BCUT2D eigenvalue weighted by Crippen LogP contribution is -2.42. The van der Waals surface area contributed by atoms with Gasteiger partial charge in [-0.3, -0.25) is 14.5 Å². The van der Waals surface area contributed by atoms with Gasteiger partial charge >= 0.3 is 0 Å². The van der Waals surface area contributed by atoms with Crippen molar-refractivity contribution in [2.75, 3.05) is 23.1 Å². The van der Waals surface area contributed by atoms with Crippen LogP contribution in [0.25, 0.3) is 0 Å². The van der Waals surface area contributed by atoms with Crippen molar-refractivity contribution >= 4 is 45.6 Å². The lowest BCUT2D eigenvalue weighted by Gasteiger charge is -2.42. The number of nitrogens with one attached hydrogen (secondary N) is 1. The number of nitrogens with two attached hydrogens (primary N) is 1. The summed E-state index contributed by atoms with van der Waals surface area (Å²) in [5, 5.41) is 21.7. The molecule has 2 heterocycles. The summed E-state index contributed by atoms with van der Waals surface area (Å²) in [5.74, 6) is -0.856. The number of anilines is 2. The van der Waals surface area contributed by atoms with E-state index in [0.717, 1.165) is 17.3 Å². The van der Waals surface area contributed by atoms with Gasteiger partial charge in [0, 0.05) is 17.7 Å². The number of rotatable bonds is 7. The number of nitrogens with zero attached hydrogens (tertiary/aromatic N) is 4. The van der Waals surface area contributed by atoms with Crippen LogP contribution in [0.15, 0.2) is 75.5 Å². The van der Waals surface area contributed by atoms with Crippen LogP contribution in [-0.2, 0) is 9.59 Å². The van der Waals surface area contributed by atoms with Crippen LogP contribution in [-0.4, -0.2) is 34.8 Å². The number of carbonyl (C=O) groups excluding carboxylic acids is 2. The van der Waals surface area contributed by atoms with Crippen LogP contribution in [0.2, 0.25) is 0 Å². The van der Waals surface area contributed by atoms with Crippen LogP contribution in [0.3, 0.4) is 0 Å². The van der Waals surface area contributed by atoms with Gasteiger partial charge < -0.3 is 15.8 Å². The van der Waals surface area contributed by atoms with Crippen LogP contribution in [0.4, 0.5) is 15.2 Å². The maximum atomic E-state index is 13.9. The molecule has 2 aliphatic rings. The monoisotopic (exact) mass is 590 g/mol. The van der Waals surface area contributed by atoms with Gasteiger partial charge in [0.05, 0.1) is 36.1 Å². The average Bonchev–Trinajstić information content (AvgIpc) is 3.40. The number of ether oxygens (including phenoxy) is 1. The molecule has 3 aromatic rings. The molecular formula is C29H27FN6O3S2. The van der Waals surface area contributed by atoms with Crippen LogP contribution >= 0.6 is 23.1 Å². The Labute approximate surface area is 244 Å². The topological polar surface area (TPSA) is 134 Å². The molecule has 0 saturated heterocycles. The number of methoxy groups -OCH3 is 1. The first kappa shape index (κ1) is 28.3. The molecule has 1 aromatic heterocycles. The minimum Gasteiger partial charge on any atom is -0.497 e. The highest BCUT2D eigenvalue weighted by Crippen LogP contribution is 2.51. The lowest BCUT2D eigenvalue weighted by molar-refractivity contribution is -0.118. The fourth-order valence-corrected chi connectivity index (χ4v) is 6.79. The summed E-state index contributed by atoms with van der Waals surface area (Å²) < 4.78 is 19.8. The number of Topliss-reactive ketones (excluding diaryl/α,β-unsaturated/α-hetero) is 1. The molecule has 2 aromatic carbocycles. The van der Waals surface area contributed by atoms with Crippen molar-refractivity contribution < 1.29 is 18.7 Å². The maximum Gasteiger partial charge on any atom is 0.234 e. The highest BCUT2D eigenvalue weighted by atomic mass is 32.2. The predicted molar refractivity (Wildman–Crippen MR) is 156 cm³/mol. The zero-order valence-electron chi connectivity index (χ0n) is 22.6. The number of halogens is 1. The second kappa shape index (κ2) is 11.3. The molecule has 9 nitrogen and oxygen atoms in total. The van der Waals surface area contributed by atoms with E-state index in [2.05, 4.69) is 21.6 Å². The molecule has 0 radical (unpaired) electrons. The average molecular weight is 591 g/mol. The van der Waals surface area contributed by atoms with Crippen molar-refractivity contribution in [2.24, 2.45) is 11.1 Å². The number of ketones is 1. The van der Waals surface area contributed by atoms with Gasteiger partial charge in [-0.1, -0.05) is 61.2 Å². The summed E-state index contributed by atoms with van der Waals surface area (Å²) >= 11 is 2.33. The number of nitriles is 1. The molecule has 12 heteroatoms. The van der Waals surface area contributed by atoms with E-state index in [0.29, 0.717) is 39.3 Å². The third kappa shape index (κ3) is 5.68. The van der Waals surface area contributed by atoms with Gasteiger partial charge in [0.15, 0.2) is 10.1 Å². The standard InChI is InChI=1S/C29H27FN6O3S2/c1-29(2)12-21-25(22(37)13-29)24(16-7-6-8-17(11-16)39-3)18(14-31)26(32)36(21)27-34-35-28(41-27)40-15-23(38)33-20-10-5-4-9-19(20)30/h4-11,24H,12-13,15,32H2,1-3H3,(H,33,38). The summed E-state index contributed by atoms with van der Waals surface area (Å²) in [6, 6.07) is 15.5. The van der Waals surface area contributed by atoms with E-state index in [9.17, 15) is 19.2 Å². The van der Waals surface area contributed by atoms with E-state index in [-0.39, 0.29) is 34.0 Å². The van der Waals surface area contributed by atoms with Gasteiger partial charge in [0.25, 0.3) is 0 Å². The summed E-state index contributed by atoms with van der Waals surface area (Å²) in [6.45, 7) is 4.03. The minimum absolute atomic E-state index is 0.0187. The second-order valence-electron chi connectivity index (χ2n) is 10.4. The van der Waals surface area contributed by atoms with Crippen LogP contribution in [0.1, 0.15) is 38.2 Å². The number of aromatic nitrogens is 2. The zero-order chi connectivity index (χ0) is 29.3. The molecule has 5 rings (SSSR count). The Hall–Kier alpha value is -4.21. The van der Waals surface area contributed by atoms with Gasteiger partial charge in [-0.15, -0.1) is 10.2 Å². The molecule has 1 atom stereocenters. The highest BCUT2D eigenvalue weighted by molar-refractivity contribution is 8.01. The van der Waals surface area contributed by atoms with E-state index < -0.39 is 17.6 Å². The van der Waals surface area contributed by atoms with Crippen molar-refractivity contribution in [3.05, 3.63) is 82.6 Å². The van der Waals surface area contributed by atoms with Crippen LogP contribution in [0, 0.1) is 22.6 Å². The fraction of sp³-hybridized carbons (Fsp3) is 0.276. The van der Waals surface area contributed by atoms with Gasteiger partial charge in [-0.2, -0.15) is 5.26 Å². The van der Waals surface area contributed by atoms with Crippen LogP contribution < -0.4 is 20.7 Å². The Morgan fingerprint density at radius 2 is 2.05 bits per heavy atom. The SMILES string of the molecule is COc1cccc(C2C(C#N)=C(N)N(c3nnc(SCC(=O)Nc4ccccc4F)s3)C3=C2C(=O)CC(C)(C)C3)c1. The Balaban J connectivity index is 1.48. The van der Waals surface area contributed by atoms with Crippen molar-refractivity contribution in [1.29, 1.82) is 5.26 Å². The molecule has 0 spiro atoms. The Morgan fingerprint density at radius 1 is 1.27 bits per heavy atom. The van der Waals surface area contributed by atoms with Gasteiger partial charge in [0.2, 0.25) is 11.0 Å². The molecule has 0 fully saturated rings. The summed E-state index contributed by atoms with van der Waals surface area (Å²) in [6.07, 6.45) is 0.855. The number of hydrogen-bond donors (Lipinski definition) is 2. The van der Waals surface area contributed by atoms with Gasteiger partial charge in [-0.25, -0.2) is 4.39 Å². The molecule has 1 aliphatic carbocycles. The van der Waals surface area contributed by atoms with E-state index in [1.54, 1.807) is 30.2 Å². The number of benzene rings is 2. The van der Waals surface area contributed by atoms with E-state index in [1.807, 2.05) is 32.0 Å². The van der Waals surface area contributed by atoms with E-state index in [1.165, 1.54) is 23.5 Å². The number of hydrogen-bond acceptors (Lipinski definition) is 10. The third-order valence-electron chi connectivity index (χ3n) is 6.87. The first-order valence-electron chi connectivity index (χ1n) is 12.7. The molecule has 210 valence electrons. The Morgan fingerprint density at radius 3 is 2.78 bits per heavy atom. The van der Waals surface area contributed by atoms with Crippen molar-refractivity contribution in [3.8, 4) is 11.8 Å². The number of thioether (sulfide) groups is 1. The Bertz CT molecular complexity index is 1640. The molecule has 3 N–H and O–H groups in total. The van der Waals surface area contributed by atoms with Crippen molar-refractivity contribution in [2.45, 2.75) is 36.9 Å². The number of carbonyl (C=O) groups is 2. The largest absolute Gasteiger partial charge is 0.497 e. The normalized spacial score (nSPS) is 18.2. The van der Waals surface area contributed by atoms with Gasteiger partial charge in [-0.05, 0) is 41.7 Å². The second-order valence-corrected chi connectivity index (χ2v) is 12.6.